The molecule has 2 heteroatoms. The van der Waals surface area contributed by atoms with E-state index >= 15 is 0 Å². The molecule has 0 radical (unpaired) electrons. The van der Waals surface area contributed by atoms with Crippen molar-refractivity contribution < 1.29 is 9.53 Å². The van der Waals surface area contributed by atoms with Gasteiger partial charge in [-0.1, -0.05) is 46.6 Å². The highest BCUT2D eigenvalue weighted by Gasteiger charge is 2.07. The van der Waals surface area contributed by atoms with Gasteiger partial charge in [-0.25, -0.2) is 4.79 Å². The van der Waals surface area contributed by atoms with E-state index in [1.807, 2.05) is 0 Å². The Bertz CT molecular complexity index is 219. The average Bonchev–Trinajstić information content (AvgIpc) is 2.29. The molecular weight excluding hydrogens is 212 g/mol. The van der Waals surface area contributed by atoms with Gasteiger partial charge in [-0.15, -0.1) is 0 Å². The fourth-order valence-corrected chi connectivity index (χ4v) is 1.63. The lowest BCUT2D eigenvalue weighted by Gasteiger charge is -2.08. The Morgan fingerprint density at radius 3 is 2.47 bits per heavy atom. The van der Waals surface area contributed by atoms with Crippen molar-refractivity contribution in [2.75, 3.05) is 6.61 Å². The van der Waals surface area contributed by atoms with E-state index in [4.69, 9.17) is 4.74 Å². The Hall–Kier alpha value is -0.790. The van der Waals surface area contributed by atoms with Gasteiger partial charge >= 0.3 is 5.97 Å². The maximum atomic E-state index is 11.5. The highest BCUT2D eigenvalue weighted by atomic mass is 16.5. The summed E-state index contributed by atoms with van der Waals surface area (Å²) in [5, 5.41) is 0. The normalized spacial score (nSPS) is 10.6. The molecule has 0 fully saturated rings. The molecule has 2 nitrogen and oxygen atoms in total. The Balaban J connectivity index is 3.50. The van der Waals surface area contributed by atoms with Crippen molar-refractivity contribution in [3.63, 3.8) is 0 Å². The van der Waals surface area contributed by atoms with Crippen LogP contribution in [0.2, 0.25) is 0 Å². The van der Waals surface area contributed by atoms with Crippen molar-refractivity contribution in [1.29, 1.82) is 0 Å². The maximum Gasteiger partial charge on any atom is 0.333 e. The average molecular weight is 240 g/mol. The molecule has 0 amide bonds. The third-order valence-electron chi connectivity index (χ3n) is 2.78. The van der Waals surface area contributed by atoms with Crippen molar-refractivity contribution in [2.45, 2.75) is 65.7 Å². The van der Waals surface area contributed by atoms with E-state index in [2.05, 4.69) is 27.4 Å². The van der Waals surface area contributed by atoms with Gasteiger partial charge in [-0.3, -0.25) is 0 Å². The maximum absolute atomic E-state index is 11.5. The summed E-state index contributed by atoms with van der Waals surface area (Å²) in [4.78, 5) is 11.5. The van der Waals surface area contributed by atoms with Gasteiger partial charge in [-0.05, 0) is 31.6 Å². The second-order valence-electron chi connectivity index (χ2n) is 5.09. The van der Waals surface area contributed by atoms with Crippen LogP contribution in [0.5, 0.6) is 0 Å². The number of esters is 1. The monoisotopic (exact) mass is 240 g/mol. The molecule has 0 atom stereocenters. The molecule has 0 spiro atoms. The second kappa shape index (κ2) is 10.4. The van der Waals surface area contributed by atoms with Gasteiger partial charge in [0.05, 0.1) is 6.61 Å². The van der Waals surface area contributed by atoms with Gasteiger partial charge in [0, 0.05) is 5.57 Å². The van der Waals surface area contributed by atoms with Crippen LogP contribution in [0.15, 0.2) is 12.2 Å². The van der Waals surface area contributed by atoms with E-state index in [9.17, 15) is 4.79 Å². The minimum Gasteiger partial charge on any atom is -0.462 e. The van der Waals surface area contributed by atoms with Crippen molar-refractivity contribution in [1.82, 2.24) is 0 Å². The predicted octanol–water partition coefficient (Wildman–Crippen LogP) is 4.49. The van der Waals surface area contributed by atoms with Gasteiger partial charge in [-0.2, -0.15) is 0 Å². The number of unbranched alkanes of at least 4 members (excludes halogenated alkanes) is 3. The first-order valence-corrected chi connectivity index (χ1v) is 6.92. The van der Waals surface area contributed by atoms with Gasteiger partial charge < -0.3 is 4.74 Å². The van der Waals surface area contributed by atoms with Crippen LogP contribution >= 0.6 is 0 Å². The minimum atomic E-state index is -0.203. The lowest BCUT2D eigenvalue weighted by Crippen LogP contribution is -2.09. The van der Waals surface area contributed by atoms with Crippen LogP contribution in [0, 0.1) is 5.92 Å². The lowest BCUT2D eigenvalue weighted by atomic mass is 10.1. The van der Waals surface area contributed by atoms with E-state index in [1.165, 1.54) is 19.3 Å². The summed E-state index contributed by atoms with van der Waals surface area (Å²) in [6.45, 7) is 10.9. The predicted molar refractivity (Wildman–Crippen MR) is 72.9 cm³/mol. The van der Waals surface area contributed by atoms with Crippen LogP contribution in [0.1, 0.15) is 65.7 Å². The summed E-state index contributed by atoms with van der Waals surface area (Å²) < 4.78 is 5.17. The van der Waals surface area contributed by atoms with Crippen LogP contribution in [-0.4, -0.2) is 12.6 Å². The first kappa shape index (κ1) is 16.2. The summed E-state index contributed by atoms with van der Waals surface area (Å²) in [7, 11) is 0. The molecule has 17 heavy (non-hydrogen) atoms. The van der Waals surface area contributed by atoms with Crippen molar-refractivity contribution in [3.8, 4) is 0 Å². The molecule has 0 unspecified atom stereocenters. The molecule has 0 heterocycles. The standard InChI is InChI=1S/C15H28O2/c1-5-6-7-8-11-14(4)15(16)17-12-9-10-13(2)3/h13H,4-12H2,1-3H3. The molecular formula is C15H28O2. The number of carbonyl (C=O) groups is 1. The van der Waals surface area contributed by atoms with Gasteiger partial charge in [0.25, 0.3) is 0 Å². The van der Waals surface area contributed by atoms with E-state index in [0.29, 0.717) is 18.1 Å². The summed E-state index contributed by atoms with van der Waals surface area (Å²) >= 11 is 0. The third-order valence-corrected chi connectivity index (χ3v) is 2.78. The van der Waals surface area contributed by atoms with Gasteiger partial charge in [0.2, 0.25) is 0 Å². The summed E-state index contributed by atoms with van der Waals surface area (Å²) in [6, 6.07) is 0. The number of rotatable bonds is 10. The molecule has 0 bridgehead atoms. The van der Waals surface area contributed by atoms with Gasteiger partial charge in [0.15, 0.2) is 0 Å². The quantitative estimate of drug-likeness (QED) is 0.319. The van der Waals surface area contributed by atoms with E-state index < -0.39 is 0 Å². The third kappa shape index (κ3) is 10.1. The van der Waals surface area contributed by atoms with Crippen LogP contribution in [0.25, 0.3) is 0 Å². The Kier molecular flexibility index (Phi) is 9.89. The molecule has 100 valence electrons. The van der Waals surface area contributed by atoms with Crippen LogP contribution in [0.3, 0.4) is 0 Å². The first-order valence-electron chi connectivity index (χ1n) is 6.92. The largest absolute Gasteiger partial charge is 0.462 e. The first-order chi connectivity index (χ1) is 8.07. The second-order valence-corrected chi connectivity index (χ2v) is 5.09. The number of carbonyl (C=O) groups excluding carboxylic acids is 1. The molecule has 0 N–H and O–H groups in total. The molecule has 0 aliphatic carbocycles. The minimum absolute atomic E-state index is 0.203. The Labute approximate surface area is 106 Å². The zero-order valence-corrected chi connectivity index (χ0v) is 11.8. The smallest absolute Gasteiger partial charge is 0.333 e. The van der Waals surface area contributed by atoms with Gasteiger partial charge in [0.1, 0.15) is 0 Å². The molecule has 0 aromatic rings. The summed E-state index contributed by atoms with van der Waals surface area (Å²) in [5.41, 5.74) is 0.630. The van der Waals surface area contributed by atoms with Crippen molar-refractivity contribution in [3.05, 3.63) is 12.2 Å². The van der Waals surface area contributed by atoms with E-state index in [-0.39, 0.29) is 5.97 Å². The fourth-order valence-electron chi connectivity index (χ4n) is 1.63. The molecule has 0 aliphatic heterocycles. The number of hydrogen-bond donors (Lipinski definition) is 0. The highest BCUT2D eigenvalue weighted by molar-refractivity contribution is 5.87. The zero-order chi connectivity index (χ0) is 13.1. The highest BCUT2D eigenvalue weighted by Crippen LogP contribution is 2.10. The Morgan fingerprint density at radius 2 is 1.88 bits per heavy atom. The van der Waals surface area contributed by atoms with Crippen LogP contribution in [-0.2, 0) is 9.53 Å². The Morgan fingerprint density at radius 1 is 1.18 bits per heavy atom. The molecule has 0 saturated carbocycles. The molecule has 0 rings (SSSR count). The van der Waals surface area contributed by atoms with Crippen LogP contribution < -0.4 is 0 Å². The fraction of sp³-hybridized carbons (Fsp3) is 0.800. The molecule has 0 aromatic heterocycles. The zero-order valence-electron chi connectivity index (χ0n) is 11.8. The van der Waals surface area contributed by atoms with Crippen molar-refractivity contribution >= 4 is 5.97 Å². The number of ether oxygens (including phenoxy) is 1. The summed E-state index contributed by atoms with van der Waals surface area (Å²) in [5.74, 6) is 0.469. The van der Waals surface area contributed by atoms with E-state index in [1.54, 1.807) is 0 Å². The SMILES string of the molecule is C=C(CCCCCC)C(=O)OCCCC(C)C. The van der Waals surface area contributed by atoms with Crippen LogP contribution in [0.4, 0.5) is 0 Å². The number of hydrogen-bond acceptors (Lipinski definition) is 2. The van der Waals surface area contributed by atoms with E-state index in [0.717, 1.165) is 25.7 Å². The molecule has 0 aromatic carbocycles. The summed E-state index contributed by atoms with van der Waals surface area (Å²) in [6.07, 6.45) is 7.51. The lowest BCUT2D eigenvalue weighted by molar-refractivity contribution is -0.139. The molecule has 0 saturated heterocycles. The molecule has 0 aliphatic rings. The van der Waals surface area contributed by atoms with Crippen molar-refractivity contribution in [2.24, 2.45) is 5.92 Å². The topological polar surface area (TPSA) is 26.3 Å².